The molecule has 1 N–H and O–H groups in total. The largest absolute Gasteiger partial charge is 0.507 e. The molecule has 0 heterocycles. The summed E-state index contributed by atoms with van der Waals surface area (Å²) in [4.78, 5) is 21.8. The van der Waals surface area contributed by atoms with Gasteiger partial charge in [0.25, 0.3) is 0 Å². The number of phenolic OH excluding ortho intramolecular Hbond substituents is 1. The van der Waals surface area contributed by atoms with Gasteiger partial charge in [0, 0.05) is 10.6 Å². The van der Waals surface area contributed by atoms with Crippen molar-refractivity contribution in [3.05, 3.63) is 34.4 Å². The third kappa shape index (κ3) is 3.89. The summed E-state index contributed by atoms with van der Waals surface area (Å²) in [6.45, 7) is 2.05. The molecule has 4 nitrogen and oxygen atoms in total. The van der Waals surface area contributed by atoms with Gasteiger partial charge in [0.1, 0.15) is 5.75 Å². The summed E-state index contributed by atoms with van der Waals surface area (Å²) in [7, 11) is 0. The Kier molecular flexibility index (Phi) is 5.39. The maximum absolute atomic E-state index is 11.1. The fraction of sp³-hybridized carbons (Fsp3) is 0.231. The van der Waals surface area contributed by atoms with Gasteiger partial charge in [-0.05, 0) is 19.1 Å². The van der Waals surface area contributed by atoms with Gasteiger partial charge in [-0.3, -0.25) is 9.59 Å². The lowest BCUT2D eigenvalue weighted by Gasteiger charge is -2.03. The third-order valence-corrected chi connectivity index (χ3v) is 2.37. The van der Waals surface area contributed by atoms with E-state index >= 15 is 0 Å². The monoisotopic (exact) mass is 268 g/mol. The Morgan fingerprint density at radius 2 is 2.11 bits per heavy atom. The molecule has 5 heteroatoms. The van der Waals surface area contributed by atoms with Crippen molar-refractivity contribution >= 4 is 29.9 Å². The van der Waals surface area contributed by atoms with E-state index in [0.29, 0.717) is 23.5 Å². The minimum atomic E-state index is -0.356. The number of carbonyl (C=O) groups excluding carboxylic acids is 2. The number of phenols is 1. The van der Waals surface area contributed by atoms with Crippen LogP contribution in [0.4, 0.5) is 0 Å². The van der Waals surface area contributed by atoms with Crippen molar-refractivity contribution in [1.29, 1.82) is 0 Å². The topological polar surface area (TPSA) is 63.6 Å². The molecule has 1 rings (SSSR count). The quantitative estimate of drug-likeness (QED) is 0.659. The van der Waals surface area contributed by atoms with Crippen LogP contribution >= 0.6 is 11.6 Å². The standard InChI is InChI=1S/C13H13ClO4/c1-2-18-12(16)5-3-4-9-6-11(14)7-10(8-15)13(9)17/h3-4,6-8,17H,2,5H2,1H3. The molecule has 96 valence electrons. The number of benzene rings is 1. The summed E-state index contributed by atoms with van der Waals surface area (Å²) in [5, 5.41) is 10.1. The van der Waals surface area contributed by atoms with Crippen LogP contribution < -0.4 is 0 Å². The molecule has 0 fully saturated rings. The smallest absolute Gasteiger partial charge is 0.309 e. The lowest BCUT2D eigenvalue weighted by molar-refractivity contribution is -0.142. The van der Waals surface area contributed by atoms with Crippen molar-refractivity contribution in [1.82, 2.24) is 0 Å². The van der Waals surface area contributed by atoms with Gasteiger partial charge in [0.2, 0.25) is 0 Å². The molecule has 0 aliphatic heterocycles. The molecule has 1 aromatic carbocycles. The minimum Gasteiger partial charge on any atom is -0.507 e. The van der Waals surface area contributed by atoms with Gasteiger partial charge in [-0.2, -0.15) is 0 Å². The van der Waals surface area contributed by atoms with Crippen LogP contribution in [-0.2, 0) is 9.53 Å². The first-order valence-electron chi connectivity index (χ1n) is 5.38. The van der Waals surface area contributed by atoms with Crippen molar-refractivity contribution in [3.63, 3.8) is 0 Å². The number of hydrogen-bond acceptors (Lipinski definition) is 4. The highest BCUT2D eigenvalue weighted by Gasteiger charge is 2.06. The number of hydrogen-bond donors (Lipinski definition) is 1. The van der Waals surface area contributed by atoms with Crippen molar-refractivity contribution < 1.29 is 19.4 Å². The second-order valence-electron chi connectivity index (χ2n) is 3.46. The lowest BCUT2D eigenvalue weighted by atomic mass is 10.1. The summed E-state index contributed by atoms with van der Waals surface area (Å²) in [6.07, 6.45) is 3.67. The average molecular weight is 269 g/mol. The van der Waals surface area contributed by atoms with Gasteiger partial charge in [-0.25, -0.2) is 0 Å². The number of aldehydes is 1. The Balaban J connectivity index is 2.84. The summed E-state index contributed by atoms with van der Waals surface area (Å²) in [6, 6.07) is 2.87. The van der Waals surface area contributed by atoms with E-state index in [0.717, 1.165) is 0 Å². The highest BCUT2D eigenvalue weighted by Crippen LogP contribution is 2.27. The van der Waals surface area contributed by atoms with E-state index in [1.54, 1.807) is 6.92 Å². The van der Waals surface area contributed by atoms with Crippen molar-refractivity contribution in [2.45, 2.75) is 13.3 Å². The highest BCUT2D eigenvalue weighted by atomic mass is 35.5. The Morgan fingerprint density at radius 1 is 1.44 bits per heavy atom. The fourth-order valence-corrected chi connectivity index (χ4v) is 1.60. The molecule has 0 unspecified atom stereocenters. The van der Waals surface area contributed by atoms with E-state index < -0.39 is 0 Å². The molecule has 0 radical (unpaired) electrons. The summed E-state index contributed by atoms with van der Waals surface area (Å²) >= 11 is 5.80. The van der Waals surface area contributed by atoms with Gasteiger partial charge >= 0.3 is 5.97 Å². The molecule has 0 spiro atoms. The highest BCUT2D eigenvalue weighted by molar-refractivity contribution is 6.31. The number of carbonyl (C=O) groups is 2. The van der Waals surface area contributed by atoms with Crippen LogP contribution in [0, 0.1) is 0 Å². The Morgan fingerprint density at radius 3 is 2.72 bits per heavy atom. The number of halogens is 1. The molecule has 0 atom stereocenters. The van der Waals surface area contributed by atoms with E-state index in [-0.39, 0.29) is 23.7 Å². The first-order chi connectivity index (χ1) is 8.58. The number of ether oxygens (including phenoxy) is 1. The lowest BCUT2D eigenvalue weighted by Crippen LogP contribution is -2.01. The normalized spacial score (nSPS) is 10.6. The zero-order valence-corrected chi connectivity index (χ0v) is 10.6. The molecule has 0 bridgehead atoms. The zero-order chi connectivity index (χ0) is 13.5. The number of esters is 1. The number of rotatable bonds is 5. The molecule has 0 aromatic heterocycles. The fourth-order valence-electron chi connectivity index (χ4n) is 1.36. The Hall–Kier alpha value is -1.81. The second kappa shape index (κ2) is 6.81. The van der Waals surface area contributed by atoms with Crippen molar-refractivity contribution in [2.24, 2.45) is 0 Å². The predicted molar refractivity (Wildman–Crippen MR) is 68.8 cm³/mol. The SMILES string of the molecule is CCOC(=O)CC=Cc1cc(Cl)cc(C=O)c1O. The van der Waals surface area contributed by atoms with E-state index in [4.69, 9.17) is 16.3 Å². The molecule has 0 aliphatic carbocycles. The first kappa shape index (κ1) is 14.3. The molecule has 0 aliphatic rings. The maximum atomic E-state index is 11.1. The Labute approximate surface area is 110 Å². The van der Waals surface area contributed by atoms with Crippen molar-refractivity contribution in [2.75, 3.05) is 6.61 Å². The molecular formula is C13H13ClO4. The van der Waals surface area contributed by atoms with Crippen LogP contribution in [0.1, 0.15) is 29.3 Å². The second-order valence-corrected chi connectivity index (χ2v) is 3.90. The third-order valence-electron chi connectivity index (χ3n) is 2.15. The van der Waals surface area contributed by atoms with Gasteiger partial charge < -0.3 is 9.84 Å². The van der Waals surface area contributed by atoms with Crippen LogP contribution in [0.2, 0.25) is 5.02 Å². The number of aromatic hydroxyl groups is 1. The van der Waals surface area contributed by atoms with Crippen LogP contribution in [0.15, 0.2) is 18.2 Å². The van der Waals surface area contributed by atoms with E-state index in [1.165, 1.54) is 24.3 Å². The van der Waals surface area contributed by atoms with Gasteiger partial charge in [-0.15, -0.1) is 0 Å². The van der Waals surface area contributed by atoms with Gasteiger partial charge in [-0.1, -0.05) is 23.8 Å². The summed E-state index contributed by atoms with van der Waals surface area (Å²) in [5.41, 5.74) is 0.493. The van der Waals surface area contributed by atoms with Gasteiger partial charge in [0.05, 0.1) is 18.6 Å². The molecular weight excluding hydrogens is 256 g/mol. The van der Waals surface area contributed by atoms with E-state index in [9.17, 15) is 14.7 Å². The maximum Gasteiger partial charge on any atom is 0.309 e. The van der Waals surface area contributed by atoms with Gasteiger partial charge in [0.15, 0.2) is 6.29 Å². The van der Waals surface area contributed by atoms with Crippen LogP contribution in [0.5, 0.6) is 5.75 Å². The zero-order valence-electron chi connectivity index (χ0n) is 9.85. The minimum absolute atomic E-state index is 0.0935. The van der Waals surface area contributed by atoms with Crippen molar-refractivity contribution in [3.8, 4) is 5.75 Å². The molecule has 18 heavy (non-hydrogen) atoms. The molecule has 0 amide bonds. The average Bonchev–Trinajstić information content (AvgIpc) is 2.33. The Bertz CT molecular complexity index is 480. The van der Waals surface area contributed by atoms with E-state index in [2.05, 4.69) is 0 Å². The molecule has 1 aromatic rings. The molecule has 0 saturated heterocycles. The van der Waals surface area contributed by atoms with Crippen LogP contribution in [0.3, 0.4) is 0 Å². The molecule has 0 saturated carbocycles. The predicted octanol–water partition coefficient (Wildman–Crippen LogP) is 2.82. The van der Waals surface area contributed by atoms with E-state index in [1.807, 2.05) is 0 Å². The summed E-state index contributed by atoms with van der Waals surface area (Å²) < 4.78 is 4.74. The summed E-state index contributed by atoms with van der Waals surface area (Å²) in [5.74, 6) is -0.514. The van der Waals surface area contributed by atoms with Crippen LogP contribution in [-0.4, -0.2) is 24.0 Å². The first-order valence-corrected chi connectivity index (χ1v) is 5.76. The van der Waals surface area contributed by atoms with Crippen LogP contribution in [0.25, 0.3) is 6.08 Å².